The third-order valence-corrected chi connectivity index (χ3v) is 3.64. The van der Waals surface area contributed by atoms with Crippen LogP contribution in [0, 0.1) is 0 Å². The SMILES string of the molecule is CCOC(CC)(CC)c1noc(-c2cn(CCN)cn2)n1. The first-order valence-electron chi connectivity index (χ1n) is 7.39. The minimum absolute atomic E-state index is 0.409. The molecule has 2 heterocycles. The molecule has 7 nitrogen and oxygen atoms in total. The Morgan fingerprint density at radius 1 is 1.33 bits per heavy atom. The van der Waals surface area contributed by atoms with Crippen molar-refractivity contribution in [1.29, 1.82) is 0 Å². The monoisotopic (exact) mass is 293 g/mol. The summed E-state index contributed by atoms with van der Waals surface area (Å²) in [6, 6.07) is 0. The van der Waals surface area contributed by atoms with E-state index in [9.17, 15) is 0 Å². The third kappa shape index (κ3) is 3.14. The van der Waals surface area contributed by atoms with Crippen molar-refractivity contribution >= 4 is 0 Å². The van der Waals surface area contributed by atoms with Gasteiger partial charge < -0.3 is 19.6 Å². The number of rotatable bonds is 8. The molecule has 0 saturated heterocycles. The van der Waals surface area contributed by atoms with Gasteiger partial charge in [0.2, 0.25) is 5.82 Å². The highest BCUT2D eigenvalue weighted by molar-refractivity contribution is 5.44. The van der Waals surface area contributed by atoms with Crippen LogP contribution in [-0.4, -0.2) is 32.8 Å². The predicted molar refractivity (Wildman–Crippen MR) is 78.5 cm³/mol. The lowest BCUT2D eigenvalue weighted by molar-refractivity contribution is -0.0583. The molecular formula is C14H23N5O2. The summed E-state index contributed by atoms with van der Waals surface area (Å²) in [5.41, 5.74) is 5.69. The van der Waals surface area contributed by atoms with E-state index in [2.05, 4.69) is 29.0 Å². The average Bonchev–Trinajstić information content (AvgIpc) is 3.14. The van der Waals surface area contributed by atoms with E-state index in [-0.39, 0.29) is 0 Å². The number of imidazole rings is 1. The molecule has 2 aromatic rings. The molecule has 2 rings (SSSR count). The second-order valence-corrected chi connectivity index (χ2v) is 4.84. The molecule has 116 valence electrons. The molecule has 0 aliphatic heterocycles. The largest absolute Gasteiger partial charge is 0.367 e. The first kappa shape index (κ1) is 15.7. The lowest BCUT2D eigenvalue weighted by Gasteiger charge is -2.27. The summed E-state index contributed by atoms with van der Waals surface area (Å²) in [5, 5.41) is 4.10. The Morgan fingerprint density at radius 2 is 2.10 bits per heavy atom. The fraction of sp³-hybridized carbons (Fsp3) is 0.643. The van der Waals surface area contributed by atoms with E-state index in [4.69, 9.17) is 15.0 Å². The van der Waals surface area contributed by atoms with Crippen molar-refractivity contribution in [2.75, 3.05) is 13.2 Å². The van der Waals surface area contributed by atoms with E-state index >= 15 is 0 Å². The van der Waals surface area contributed by atoms with Crippen molar-refractivity contribution in [2.45, 2.75) is 45.8 Å². The van der Waals surface area contributed by atoms with E-state index in [1.165, 1.54) is 0 Å². The molecule has 2 aromatic heterocycles. The van der Waals surface area contributed by atoms with Crippen LogP contribution in [0.1, 0.15) is 39.4 Å². The summed E-state index contributed by atoms with van der Waals surface area (Å²) < 4.78 is 13.1. The van der Waals surface area contributed by atoms with Gasteiger partial charge in [0, 0.05) is 25.9 Å². The van der Waals surface area contributed by atoms with Crippen LogP contribution in [0.5, 0.6) is 0 Å². The lowest BCUT2D eigenvalue weighted by atomic mass is 9.96. The van der Waals surface area contributed by atoms with Gasteiger partial charge in [0.25, 0.3) is 5.89 Å². The van der Waals surface area contributed by atoms with Crippen LogP contribution in [0.4, 0.5) is 0 Å². The van der Waals surface area contributed by atoms with Gasteiger partial charge in [-0.05, 0) is 19.8 Å². The normalized spacial score (nSPS) is 12.0. The molecular weight excluding hydrogens is 270 g/mol. The van der Waals surface area contributed by atoms with Gasteiger partial charge in [0.1, 0.15) is 11.3 Å². The second kappa shape index (κ2) is 6.82. The van der Waals surface area contributed by atoms with Crippen LogP contribution in [0.15, 0.2) is 17.0 Å². The molecule has 0 aliphatic rings. The summed E-state index contributed by atoms with van der Waals surface area (Å²) in [5.74, 6) is 0.990. The molecule has 0 radical (unpaired) electrons. The van der Waals surface area contributed by atoms with Gasteiger partial charge in [-0.2, -0.15) is 4.98 Å². The van der Waals surface area contributed by atoms with Crippen LogP contribution in [0.3, 0.4) is 0 Å². The predicted octanol–water partition coefficient (Wildman–Crippen LogP) is 1.94. The van der Waals surface area contributed by atoms with E-state index in [0.29, 0.717) is 37.1 Å². The maximum absolute atomic E-state index is 5.88. The molecule has 0 saturated carbocycles. The van der Waals surface area contributed by atoms with Crippen molar-refractivity contribution < 1.29 is 9.26 Å². The molecule has 0 aromatic carbocycles. The van der Waals surface area contributed by atoms with Crippen molar-refractivity contribution in [3.8, 4) is 11.6 Å². The maximum atomic E-state index is 5.88. The molecule has 0 bridgehead atoms. The zero-order chi connectivity index (χ0) is 15.3. The van der Waals surface area contributed by atoms with Gasteiger partial charge in [-0.1, -0.05) is 19.0 Å². The van der Waals surface area contributed by atoms with Crippen molar-refractivity contribution in [3.05, 3.63) is 18.3 Å². The van der Waals surface area contributed by atoms with Crippen molar-refractivity contribution in [2.24, 2.45) is 5.73 Å². The second-order valence-electron chi connectivity index (χ2n) is 4.84. The molecule has 0 fully saturated rings. The van der Waals surface area contributed by atoms with Crippen molar-refractivity contribution in [3.63, 3.8) is 0 Å². The van der Waals surface area contributed by atoms with E-state index in [1.807, 2.05) is 17.7 Å². The van der Waals surface area contributed by atoms with Gasteiger partial charge in [-0.25, -0.2) is 4.98 Å². The van der Waals surface area contributed by atoms with Gasteiger partial charge in [-0.3, -0.25) is 0 Å². The highest BCUT2D eigenvalue weighted by Crippen LogP contribution is 2.32. The molecule has 2 N–H and O–H groups in total. The maximum Gasteiger partial charge on any atom is 0.278 e. The highest BCUT2D eigenvalue weighted by Gasteiger charge is 2.34. The van der Waals surface area contributed by atoms with Gasteiger partial charge in [-0.15, -0.1) is 0 Å². The van der Waals surface area contributed by atoms with E-state index in [0.717, 1.165) is 12.8 Å². The zero-order valence-corrected chi connectivity index (χ0v) is 12.9. The minimum atomic E-state index is -0.490. The summed E-state index contributed by atoms with van der Waals surface area (Å²) in [6.07, 6.45) is 5.14. The summed E-state index contributed by atoms with van der Waals surface area (Å²) in [6.45, 7) is 7.97. The summed E-state index contributed by atoms with van der Waals surface area (Å²) in [7, 11) is 0. The summed E-state index contributed by atoms with van der Waals surface area (Å²) in [4.78, 5) is 8.75. The zero-order valence-electron chi connectivity index (χ0n) is 12.9. The fourth-order valence-electron chi connectivity index (χ4n) is 2.37. The number of ether oxygens (including phenoxy) is 1. The molecule has 21 heavy (non-hydrogen) atoms. The Kier molecular flexibility index (Phi) is 5.08. The van der Waals surface area contributed by atoms with Gasteiger partial charge in [0.15, 0.2) is 0 Å². The van der Waals surface area contributed by atoms with Crippen LogP contribution < -0.4 is 5.73 Å². The van der Waals surface area contributed by atoms with Crippen LogP contribution in [0.2, 0.25) is 0 Å². The highest BCUT2D eigenvalue weighted by atomic mass is 16.5. The smallest absolute Gasteiger partial charge is 0.278 e. The molecule has 0 amide bonds. The topological polar surface area (TPSA) is 92.0 Å². The van der Waals surface area contributed by atoms with Gasteiger partial charge in [0.05, 0.1) is 6.33 Å². The fourth-order valence-corrected chi connectivity index (χ4v) is 2.37. The van der Waals surface area contributed by atoms with Crippen LogP contribution in [-0.2, 0) is 16.9 Å². The molecule has 0 unspecified atom stereocenters. The molecule has 0 spiro atoms. The molecule has 0 atom stereocenters. The van der Waals surface area contributed by atoms with Crippen molar-refractivity contribution in [1.82, 2.24) is 19.7 Å². The number of hydrogen-bond donors (Lipinski definition) is 1. The molecule has 7 heteroatoms. The van der Waals surface area contributed by atoms with E-state index < -0.39 is 5.60 Å². The number of aromatic nitrogens is 4. The average molecular weight is 293 g/mol. The van der Waals surface area contributed by atoms with Crippen LogP contribution in [0.25, 0.3) is 11.6 Å². The third-order valence-electron chi connectivity index (χ3n) is 3.64. The molecule has 0 aliphatic carbocycles. The first-order chi connectivity index (χ1) is 10.2. The Morgan fingerprint density at radius 3 is 2.71 bits per heavy atom. The Labute approximate surface area is 124 Å². The Hall–Kier alpha value is -1.73. The van der Waals surface area contributed by atoms with Gasteiger partial charge >= 0.3 is 0 Å². The number of nitrogens with zero attached hydrogens (tertiary/aromatic N) is 4. The summed E-state index contributed by atoms with van der Waals surface area (Å²) >= 11 is 0. The first-order valence-corrected chi connectivity index (χ1v) is 7.39. The number of nitrogens with two attached hydrogens (primary N) is 1. The quantitative estimate of drug-likeness (QED) is 0.799. The van der Waals surface area contributed by atoms with E-state index in [1.54, 1.807) is 6.33 Å². The lowest BCUT2D eigenvalue weighted by Crippen LogP contribution is -2.29. The Bertz CT molecular complexity index is 559. The van der Waals surface area contributed by atoms with Crippen LogP contribution >= 0.6 is 0 Å². The number of hydrogen-bond acceptors (Lipinski definition) is 6. The minimum Gasteiger partial charge on any atom is -0.367 e. The standard InChI is InChI=1S/C14H23N5O2/c1-4-14(5-2,20-6-3)13-17-12(21-18-13)11-9-19(8-7-15)10-16-11/h9-10H,4-8,15H2,1-3H3. The Balaban J connectivity index is 2.27.